The van der Waals surface area contributed by atoms with Crippen molar-refractivity contribution in [3.8, 4) is 0 Å². The van der Waals surface area contributed by atoms with E-state index in [1.54, 1.807) is 0 Å². The fourth-order valence-electron chi connectivity index (χ4n) is 10.5. The molecule has 1 heteroatoms. The SMILES string of the molecule is C[C@H]1CCC[C@]2(C)CCC3C(=CCC4[C@@]3(C)CCC3C(C)(C)C(O)CC[C@@]34C)[C@H]12. The van der Waals surface area contributed by atoms with Crippen molar-refractivity contribution in [2.75, 3.05) is 0 Å². The summed E-state index contributed by atoms with van der Waals surface area (Å²) in [4.78, 5) is 0. The fraction of sp³-hybridized carbons (Fsp3) is 0.929. The Morgan fingerprint density at radius 2 is 1.55 bits per heavy atom. The maximum atomic E-state index is 10.8. The third-order valence-corrected chi connectivity index (χ3v) is 12.0. The van der Waals surface area contributed by atoms with Crippen molar-refractivity contribution in [3.63, 3.8) is 0 Å². The highest BCUT2D eigenvalue weighted by molar-refractivity contribution is 5.28. The minimum atomic E-state index is -0.113. The van der Waals surface area contributed by atoms with Crippen LogP contribution in [0.4, 0.5) is 0 Å². The molecule has 5 aliphatic rings. The van der Waals surface area contributed by atoms with Gasteiger partial charge in [-0.1, -0.05) is 66.0 Å². The summed E-state index contributed by atoms with van der Waals surface area (Å²) >= 11 is 0. The summed E-state index contributed by atoms with van der Waals surface area (Å²) in [6.45, 7) is 15.2. The molecular weight excluding hydrogens is 352 g/mol. The van der Waals surface area contributed by atoms with Gasteiger partial charge in [-0.3, -0.25) is 0 Å². The van der Waals surface area contributed by atoms with Gasteiger partial charge in [-0.25, -0.2) is 0 Å². The Hall–Kier alpha value is -0.300. The van der Waals surface area contributed by atoms with Gasteiger partial charge in [-0.05, 0) is 103 Å². The van der Waals surface area contributed by atoms with Crippen LogP contribution in [0.1, 0.15) is 106 Å². The van der Waals surface area contributed by atoms with Crippen molar-refractivity contribution in [2.45, 2.75) is 112 Å². The van der Waals surface area contributed by atoms with Gasteiger partial charge >= 0.3 is 0 Å². The maximum Gasteiger partial charge on any atom is 0.0594 e. The smallest absolute Gasteiger partial charge is 0.0594 e. The van der Waals surface area contributed by atoms with Crippen LogP contribution in [0, 0.1) is 51.2 Å². The van der Waals surface area contributed by atoms with Crippen LogP contribution in [0.15, 0.2) is 11.6 Å². The molecule has 0 aromatic heterocycles. The molecule has 0 saturated heterocycles. The molecule has 5 rings (SSSR count). The summed E-state index contributed by atoms with van der Waals surface area (Å²) in [6.07, 6.45) is 16.2. The van der Waals surface area contributed by atoms with Crippen LogP contribution in [0.25, 0.3) is 0 Å². The summed E-state index contributed by atoms with van der Waals surface area (Å²) in [7, 11) is 0. The van der Waals surface area contributed by atoms with Crippen molar-refractivity contribution in [2.24, 2.45) is 51.2 Å². The van der Waals surface area contributed by atoms with Crippen LogP contribution in [-0.2, 0) is 0 Å². The zero-order chi connectivity index (χ0) is 20.8. The number of fused-ring (bicyclic) bond motifs is 7. The van der Waals surface area contributed by atoms with Gasteiger partial charge in [0.2, 0.25) is 0 Å². The summed E-state index contributed by atoms with van der Waals surface area (Å²) in [5.41, 5.74) is 3.42. The average Bonchev–Trinajstić information content (AvgIpc) is 2.64. The molecule has 1 N–H and O–H groups in total. The molecule has 1 nitrogen and oxygen atoms in total. The molecule has 0 aromatic carbocycles. The molecule has 0 bridgehead atoms. The Morgan fingerprint density at radius 1 is 0.828 bits per heavy atom. The molecule has 0 aliphatic heterocycles. The Balaban J connectivity index is 1.54. The van der Waals surface area contributed by atoms with E-state index in [1.807, 2.05) is 5.57 Å². The van der Waals surface area contributed by atoms with Gasteiger partial charge in [-0.2, -0.15) is 0 Å². The molecule has 4 saturated carbocycles. The highest BCUT2D eigenvalue weighted by Gasteiger charge is 2.64. The van der Waals surface area contributed by atoms with Crippen LogP contribution in [0.3, 0.4) is 0 Å². The van der Waals surface area contributed by atoms with Gasteiger partial charge in [0.1, 0.15) is 0 Å². The Morgan fingerprint density at radius 3 is 2.31 bits per heavy atom. The average molecular weight is 399 g/mol. The van der Waals surface area contributed by atoms with Crippen molar-refractivity contribution in [1.82, 2.24) is 0 Å². The third kappa shape index (κ3) is 2.61. The first kappa shape index (κ1) is 20.6. The summed E-state index contributed by atoms with van der Waals surface area (Å²) in [6, 6.07) is 0. The summed E-state index contributed by atoms with van der Waals surface area (Å²) < 4.78 is 0. The monoisotopic (exact) mass is 398 g/mol. The van der Waals surface area contributed by atoms with Gasteiger partial charge in [0, 0.05) is 0 Å². The molecule has 5 aliphatic carbocycles. The van der Waals surface area contributed by atoms with Crippen LogP contribution in [0.5, 0.6) is 0 Å². The number of allylic oxidation sites excluding steroid dienone is 2. The van der Waals surface area contributed by atoms with Gasteiger partial charge in [-0.15, -0.1) is 0 Å². The zero-order valence-electron chi connectivity index (χ0n) is 20.1. The van der Waals surface area contributed by atoms with Gasteiger partial charge in [0.05, 0.1) is 6.10 Å². The highest BCUT2D eigenvalue weighted by atomic mass is 16.3. The Bertz CT molecular complexity index is 705. The lowest BCUT2D eigenvalue weighted by Gasteiger charge is -2.68. The van der Waals surface area contributed by atoms with Crippen molar-refractivity contribution < 1.29 is 5.11 Å². The van der Waals surface area contributed by atoms with E-state index >= 15 is 0 Å². The van der Waals surface area contributed by atoms with Gasteiger partial charge in [0.15, 0.2) is 0 Å². The predicted molar refractivity (Wildman–Crippen MR) is 121 cm³/mol. The predicted octanol–water partition coefficient (Wildman–Crippen LogP) is 7.39. The van der Waals surface area contributed by atoms with Crippen LogP contribution in [-0.4, -0.2) is 11.2 Å². The maximum absolute atomic E-state index is 10.8. The second-order valence-corrected chi connectivity index (χ2v) is 13.6. The van der Waals surface area contributed by atoms with E-state index in [1.165, 1.54) is 57.8 Å². The van der Waals surface area contributed by atoms with Gasteiger partial charge < -0.3 is 5.11 Å². The van der Waals surface area contributed by atoms with Crippen molar-refractivity contribution in [1.29, 1.82) is 0 Å². The van der Waals surface area contributed by atoms with E-state index in [0.717, 1.165) is 30.1 Å². The first-order chi connectivity index (χ1) is 13.5. The van der Waals surface area contributed by atoms with Gasteiger partial charge in [0.25, 0.3) is 0 Å². The molecule has 9 atom stereocenters. The largest absolute Gasteiger partial charge is 0.393 e. The molecule has 0 radical (unpaired) electrons. The molecular formula is C28H46O. The lowest BCUT2D eigenvalue weighted by molar-refractivity contribution is -0.185. The van der Waals surface area contributed by atoms with E-state index in [4.69, 9.17) is 0 Å². The standard InChI is InChI=1S/C28H46O/c1-18-8-7-14-26(4)15-11-20-19(24(18)26)9-10-22-27(20,5)16-12-21-25(2,3)23(29)13-17-28(21,22)6/h9,18,20-24,29H,7-8,10-17H2,1-6H3/t18-,20?,21?,22?,23?,24-,26+,27-,28-/m0/s1. The number of aliphatic hydroxyl groups excluding tert-OH is 1. The summed E-state index contributed by atoms with van der Waals surface area (Å²) in [5, 5.41) is 10.8. The summed E-state index contributed by atoms with van der Waals surface area (Å²) in [5.74, 6) is 4.03. The van der Waals surface area contributed by atoms with E-state index in [2.05, 4.69) is 47.6 Å². The van der Waals surface area contributed by atoms with E-state index in [-0.39, 0.29) is 11.5 Å². The fourth-order valence-corrected chi connectivity index (χ4v) is 10.5. The minimum Gasteiger partial charge on any atom is -0.393 e. The molecule has 29 heavy (non-hydrogen) atoms. The number of rotatable bonds is 0. The molecule has 0 aromatic rings. The number of hydrogen-bond acceptors (Lipinski definition) is 1. The third-order valence-electron chi connectivity index (χ3n) is 12.0. The van der Waals surface area contributed by atoms with Crippen molar-refractivity contribution >= 4 is 0 Å². The molecule has 164 valence electrons. The number of hydrogen-bond donors (Lipinski definition) is 1. The first-order valence-electron chi connectivity index (χ1n) is 12.9. The van der Waals surface area contributed by atoms with Crippen LogP contribution in [0.2, 0.25) is 0 Å². The van der Waals surface area contributed by atoms with Crippen LogP contribution < -0.4 is 0 Å². The molecule has 4 unspecified atom stereocenters. The van der Waals surface area contributed by atoms with E-state index in [9.17, 15) is 5.11 Å². The lowest BCUT2D eigenvalue weighted by Crippen LogP contribution is -2.61. The van der Waals surface area contributed by atoms with Crippen LogP contribution >= 0.6 is 0 Å². The quantitative estimate of drug-likeness (QED) is 0.422. The molecule has 0 spiro atoms. The van der Waals surface area contributed by atoms with E-state index < -0.39 is 0 Å². The highest BCUT2D eigenvalue weighted by Crippen LogP contribution is 2.71. The van der Waals surface area contributed by atoms with E-state index in [0.29, 0.717) is 22.2 Å². The lowest BCUT2D eigenvalue weighted by atomic mass is 9.37. The Labute approximate surface area is 180 Å². The molecule has 0 amide bonds. The van der Waals surface area contributed by atoms with Crippen molar-refractivity contribution in [3.05, 3.63) is 11.6 Å². The second kappa shape index (κ2) is 6.36. The normalized spacial score (nSPS) is 56.3. The molecule has 0 heterocycles. The zero-order valence-corrected chi connectivity index (χ0v) is 20.1. The molecule has 4 fully saturated rings. The topological polar surface area (TPSA) is 20.2 Å². The second-order valence-electron chi connectivity index (χ2n) is 13.6. The minimum absolute atomic E-state index is 0.0708. The number of aliphatic hydroxyl groups is 1. The Kier molecular flexibility index (Phi) is 4.52. The first-order valence-corrected chi connectivity index (χ1v) is 12.9.